The van der Waals surface area contributed by atoms with E-state index in [1.165, 1.54) is 12.3 Å². The molecule has 0 radical (unpaired) electrons. The van der Waals surface area contributed by atoms with Gasteiger partial charge in [-0.15, -0.1) is 0 Å². The molecule has 0 saturated heterocycles. The Balaban J connectivity index is 1.91. The second-order valence-corrected chi connectivity index (χ2v) is 7.11. The molecular weight excluding hydrogens is 300 g/mol. The van der Waals surface area contributed by atoms with Gasteiger partial charge in [-0.1, -0.05) is 18.2 Å². The molecule has 0 unspecified atom stereocenters. The molecule has 0 saturated carbocycles. The Morgan fingerprint density at radius 3 is 2.68 bits per heavy atom. The summed E-state index contributed by atoms with van der Waals surface area (Å²) in [6.07, 6.45) is 2.73. The quantitative estimate of drug-likeness (QED) is 0.800. The number of furan rings is 1. The third-order valence-electron chi connectivity index (χ3n) is 3.53. The normalized spacial score (nSPS) is 11.7. The second kappa shape index (κ2) is 5.46. The van der Waals surface area contributed by atoms with Crippen molar-refractivity contribution in [1.82, 2.24) is 4.98 Å². The van der Waals surface area contributed by atoms with Gasteiger partial charge in [-0.3, -0.25) is 0 Å². The minimum absolute atomic E-state index is 0.184. The molecule has 1 N–H and O–H groups in total. The lowest BCUT2D eigenvalue weighted by molar-refractivity contribution is 0.554. The van der Waals surface area contributed by atoms with Gasteiger partial charge in [0.25, 0.3) is 0 Å². The fourth-order valence-corrected chi connectivity index (χ4v) is 3.18. The first-order chi connectivity index (χ1) is 10.5. The lowest BCUT2D eigenvalue weighted by atomic mass is 10.1. The number of para-hydroxylation sites is 1. The molecule has 0 aliphatic carbocycles. The summed E-state index contributed by atoms with van der Waals surface area (Å²) in [5.74, 6) is 1.11. The number of hydrogen-bond donors (Lipinski definition) is 1. The Kier molecular flexibility index (Phi) is 3.62. The van der Waals surface area contributed by atoms with Crippen molar-refractivity contribution in [2.24, 2.45) is 0 Å². The minimum Gasteiger partial charge on any atom is -0.459 e. The zero-order valence-electron chi connectivity index (χ0n) is 12.3. The van der Waals surface area contributed by atoms with Crippen LogP contribution in [0.25, 0.3) is 11.0 Å². The molecule has 3 rings (SSSR count). The average Bonchev–Trinajstić information content (AvgIpc) is 2.81. The van der Waals surface area contributed by atoms with Crippen molar-refractivity contribution in [3.63, 3.8) is 0 Å². The van der Waals surface area contributed by atoms with Crippen LogP contribution in [0.4, 0.5) is 5.82 Å². The van der Waals surface area contributed by atoms with Gasteiger partial charge in [-0.2, -0.15) is 0 Å². The van der Waals surface area contributed by atoms with E-state index in [1.54, 1.807) is 12.3 Å². The Morgan fingerprint density at radius 1 is 1.18 bits per heavy atom. The van der Waals surface area contributed by atoms with Crippen LogP contribution in [0.3, 0.4) is 0 Å². The summed E-state index contributed by atoms with van der Waals surface area (Å²) in [6, 6.07) is 10.9. The van der Waals surface area contributed by atoms with Crippen LogP contribution in [0.2, 0.25) is 0 Å². The van der Waals surface area contributed by atoms with Gasteiger partial charge in [-0.05, 0) is 25.1 Å². The molecular formula is C16H16N2O3S. The van der Waals surface area contributed by atoms with Crippen LogP contribution < -0.4 is 5.32 Å². The number of anilines is 1. The number of rotatable bonds is 4. The maximum absolute atomic E-state index is 11.8. The summed E-state index contributed by atoms with van der Waals surface area (Å²) >= 11 is 0. The molecule has 2 aromatic heterocycles. The van der Waals surface area contributed by atoms with E-state index in [2.05, 4.69) is 10.3 Å². The molecule has 3 aromatic rings. The molecule has 22 heavy (non-hydrogen) atoms. The van der Waals surface area contributed by atoms with Gasteiger partial charge < -0.3 is 9.73 Å². The number of sulfone groups is 1. The molecule has 6 heteroatoms. The highest BCUT2D eigenvalue weighted by molar-refractivity contribution is 7.90. The Hall–Kier alpha value is -2.34. The van der Waals surface area contributed by atoms with E-state index in [0.717, 1.165) is 22.3 Å². The van der Waals surface area contributed by atoms with Crippen LogP contribution in [0.1, 0.15) is 11.3 Å². The zero-order valence-corrected chi connectivity index (χ0v) is 13.1. The lowest BCUT2D eigenvalue weighted by Crippen LogP contribution is -2.08. The molecule has 0 spiro atoms. The highest BCUT2D eigenvalue weighted by atomic mass is 32.2. The monoisotopic (exact) mass is 316 g/mol. The molecule has 0 aliphatic rings. The lowest BCUT2D eigenvalue weighted by Gasteiger charge is -2.08. The Bertz CT molecular complexity index is 929. The van der Waals surface area contributed by atoms with Gasteiger partial charge in [0.15, 0.2) is 9.84 Å². The molecule has 1 aromatic carbocycles. The van der Waals surface area contributed by atoms with Crippen LogP contribution in [0, 0.1) is 6.92 Å². The maximum Gasteiger partial charge on any atom is 0.179 e. The first-order valence-electron chi connectivity index (χ1n) is 6.83. The Morgan fingerprint density at radius 2 is 1.95 bits per heavy atom. The fourth-order valence-electron chi connectivity index (χ4n) is 2.38. The highest BCUT2D eigenvalue weighted by Gasteiger charge is 2.15. The van der Waals surface area contributed by atoms with Crippen molar-refractivity contribution in [1.29, 1.82) is 0 Å². The number of hydrogen-bond acceptors (Lipinski definition) is 5. The molecule has 0 amide bonds. The third-order valence-corrected chi connectivity index (χ3v) is 4.66. The summed E-state index contributed by atoms with van der Waals surface area (Å²) in [5, 5.41) is 4.11. The third kappa shape index (κ3) is 2.69. The van der Waals surface area contributed by atoms with E-state index in [1.807, 2.05) is 31.2 Å². The van der Waals surface area contributed by atoms with Gasteiger partial charge >= 0.3 is 0 Å². The number of fused-ring (bicyclic) bond motifs is 1. The van der Waals surface area contributed by atoms with Gasteiger partial charge in [0.2, 0.25) is 0 Å². The van der Waals surface area contributed by atoms with Crippen LogP contribution >= 0.6 is 0 Å². The molecule has 0 fully saturated rings. The molecule has 0 aliphatic heterocycles. The number of benzene rings is 1. The van der Waals surface area contributed by atoms with E-state index < -0.39 is 9.84 Å². The number of aromatic nitrogens is 1. The van der Waals surface area contributed by atoms with Gasteiger partial charge in [-0.25, -0.2) is 13.4 Å². The van der Waals surface area contributed by atoms with Gasteiger partial charge in [0.05, 0.1) is 6.54 Å². The summed E-state index contributed by atoms with van der Waals surface area (Å²) in [6.45, 7) is 2.36. The van der Waals surface area contributed by atoms with Crippen LogP contribution in [-0.4, -0.2) is 19.7 Å². The molecule has 2 heterocycles. The largest absolute Gasteiger partial charge is 0.459 e. The average molecular weight is 316 g/mol. The first-order valence-corrected chi connectivity index (χ1v) is 8.72. The number of aryl methyl sites for hydroxylation is 1. The number of nitrogens with one attached hydrogen (secondary N) is 1. The topological polar surface area (TPSA) is 72.2 Å². The fraction of sp³-hybridized carbons (Fsp3) is 0.188. The molecule has 0 atom stereocenters. The predicted molar refractivity (Wildman–Crippen MR) is 85.6 cm³/mol. The van der Waals surface area contributed by atoms with E-state index in [0.29, 0.717) is 12.4 Å². The van der Waals surface area contributed by atoms with Crippen LogP contribution in [-0.2, 0) is 16.4 Å². The highest BCUT2D eigenvalue weighted by Crippen LogP contribution is 2.26. The van der Waals surface area contributed by atoms with E-state index in [9.17, 15) is 8.42 Å². The number of pyridine rings is 1. The van der Waals surface area contributed by atoms with Crippen molar-refractivity contribution >= 4 is 26.6 Å². The zero-order chi connectivity index (χ0) is 15.7. The summed E-state index contributed by atoms with van der Waals surface area (Å²) < 4.78 is 29.3. The minimum atomic E-state index is -3.33. The van der Waals surface area contributed by atoms with Crippen molar-refractivity contribution in [2.45, 2.75) is 18.4 Å². The summed E-state index contributed by atoms with van der Waals surface area (Å²) in [4.78, 5) is 4.30. The van der Waals surface area contributed by atoms with Crippen LogP contribution in [0.15, 0.2) is 51.9 Å². The molecule has 114 valence electrons. The van der Waals surface area contributed by atoms with Crippen molar-refractivity contribution < 1.29 is 12.8 Å². The number of nitrogens with zero attached hydrogens (tertiary/aromatic N) is 1. The smallest absolute Gasteiger partial charge is 0.179 e. The van der Waals surface area contributed by atoms with E-state index in [4.69, 9.17) is 4.42 Å². The molecule has 0 bridgehead atoms. The predicted octanol–water partition coefficient (Wildman–Crippen LogP) is 3.15. The van der Waals surface area contributed by atoms with Crippen LogP contribution in [0.5, 0.6) is 0 Å². The summed E-state index contributed by atoms with van der Waals surface area (Å²) in [5.41, 5.74) is 1.86. The summed E-state index contributed by atoms with van der Waals surface area (Å²) in [7, 11) is -3.33. The standard InChI is InChI=1S/C16H16N2O3S/c1-11-12-6-3-4-7-13(12)21-14(11)10-18-16-15(22(2,19)20)8-5-9-17-16/h3-9H,10H2,1-2H3,(H,17,18). The second-order valence-electron chi connectivity index (χ2n) is 5.12. The first kappa shape index (κ1) is 14.6. The Labute approximate surface area is 128 Å². The van der Waals surface area contributed by atoms with E-state index in [-0.39, 0.29) is 4.90 Å². The van der Waals surface area contributed by atoms with Crippen molar-refractivity contribution in [3.8, 4) is 0 Å². The molecule has 5 nitrogen and oxygen atoms in total. The van der Waals surface area contributed by atoms with Gasteiger partial charge in [0.1, 0.15) is 22.1 Å². The van der Waals surface area contributed by atoms with Gasteiger partial charge in [0, 0.05) is 23.4 Å². The van der Waals surface area contributed by atoms with E-state index >= 15 is 0 Å². The van der Waals surface area contributed by atoms with Crippen molar-refractivity contribution in [2.75, 3.05) is 11.6 Å². The maximum atomic E-state index is 11.8. The van der Waals surface area contributed by atoms with Crippen molar-refractivity contribution in [3.05, 3.63) is 53.9 Å². The SMILES string of the molecule is Cc1c(CNc2ncccc2S(C)(=O)=O)oc2ccccc12.